The van der Waals surface area contributed by atoms with Gasteiger partial charge in [0.15, 0.2) is 0 Å². The largest absolute Gasteiger partial charge is 0.466 e. The van der Waals surface area contributed by atoms with E-state index in [1.165, 1.54) is 13.8 Å². The van der Waals surface area contributed by atoms with E-state index in [2.05, 4.69) is 51.0 Å². The Hall–Kier alpha value is -0.917. The Bertz CT molecular complexity index is 446. The van der Waals surface area contributed by atoms with Gasteiger partial charge in [-0.2, -0.15) is 0 Å². The van der Waals surface area contributed by atoms with E-state index in [4.69, 9.17) is 5.63 Å². The van der Waals surface area contributed by atoms with E-state index >= 15 is 0 Å². The number of ketones is 2. The minimum absolute atomic E-state index is 0.0303. The molecule has 0 atom stereocenters. The van der Waals surface area contributed by atoms with Crippen LogP contribution in [0, 0.1) is 0 Å². The van der Waals surface area contributed by atoms with Gasteiger partial charge in [-0.25, -0.2) is 0 Å². The molecule has 0 fully saturated rings. The Morgan fingerprint density at radius 2 is 0.931 bits per heavy atom. The molecule has 0 bridgehead atoms. The fourth-order valence-corrected chi connectivity index (χ4v) is 2.43. The first-order valence-corrected chi connectivity index (χ1v) is 11.5. The molecule has 0 saturated carbocycles. The van der Waals surface area contributed by atoms with Crippen molar-refractivity contribution >= 4 is 23.5 Å². The monoisotopic (exact) mass is 496 g/mol. The summed E-state index contributed by atoms with van der Waals surface area (Å²) in [6, 6.07) is 0. The molecule has 170 valence electrons. The van der Waals surface area contributed by atoms with Gasteiger partial charge in [0.25, 0.3) is 0 Å². The zero-order chi connectivity index (χ0) is 23.7. The number of rotatable bonds is 8. The molecule has 9 heteroatoms. The number of hydrogen-bond acceptors (Lipinski definition) is 8. The molecule has 0 spiro atoms. The number of hydrogen-bond donors (Lipinski definition) is 0. The van der Waals surface area contributed by atoms with Crippen LogP contribution in [0.25, 0.3) is 0 Å². The summed E-state index contributed by atoms with van der Waals surface area (Å²) in [5.41, 5.74) is -0.0607. The fourth-order valence-electron chi connectivity index (χ4n) is 1.10. The van der Waals surface area contributed by atoms with Gasteiger partial charge in [0.2, 0.25) is 0 Å². The molecule has 0 aliphatic heterocycles. The second kappa shape index (κ2) is 17.9. The summed E-state index contributed by atoms with van der Waals surface area (Å²) >= 11 is -1.06. The Morgan fingerprint density at radius 1 is 0.655 bits per heavy atom. The van der Waals surface area contributed by atoms with Crippen molar-refractivity contribution in [2.24, 2.45) is 0 Å². The summed E-state index contributed by atoms with van der Waals surface area (Å²) in [6.45, 7) is 19.1. The van der Waals surface area contributed by atoms with Crippen molar-refractivity contribution in [3.8, 4) is 0 Å². The first kappa shape index (κ1) is 32.7. The van der Waals surface area contributed by atoms with E-state index < -0.39 is 36.1 Å². The van der Waals surface area contributed by atoms with Gasteiger partial charge in [0.1, 0.15) is 24.4 Å². The third kappa shape index (κ3) is 38.3. The summed E-state index contributed by atoms with van der Waals surface area (Å²) in [4.78, 5) is 41.3. The van der Waals surface area contributed by atoms with Crippen LogP contribution < -0.4 is 0 Å². The van der Waals surface area contributed by atoms with E-state index in [1.807, 2.05) is 0 Å². The van der Waals surface area contributed by atoms with Crippen molar-refractivity contribution in [3.63, 3.8) is 0 Å². The van der Waals surface area contributed by atoms with Gasteiger partial charge >= 0.3 is 94.4 Å². The van der Waals surface area contributed by atoms with Gasteiger partial charge in [-0.05, 0) is 27.7 Å². The molecule has 0 aromatic carbocycles. The molecular weight excluding hydrogens is 459 g/mol. The molecule has 0 radical (unpaired) electrons. The molecule has 0 saturated heterocycles. The topological polar surface area (TPSA) is 105 Å². The van der Waals surface area contributed by atoms with Crippen molar-refractivity contribution in [2.45, 2.75) is 93.3 Å². The van der Waals surface area contributed by atoms with Crippen molar-refractivity contribution in [1.29, 1.82) is 0 Å². The van der Waals surface area contributed by atoms with E-state index in [0.717, 1.165) is 0 Å². The van der Waals surface area contributed by atoms with Crippen LogP contribution in [-0.4, -0.2) is 47.9 Å². The smallest absolute Gasteiger partial charge is 0.313 e. The van der Waals surface area contributed by atoms with Crippen LogP contribution in [0.4, 0.5) is 0 Å². The molecule has 0 aromatic rings. The van der Waals surface area contributed by atoms with Gasteiger partial charge < -0.3 is 9.47 Å². The standard InChI is InChI=1S/2C6H10O3.2C4H9O.Zr/c2*1-3-9-6(8)4-5(2)7;2*1-4(2,3)5;/h2*3-4H2,1-2H3;2*1-3H3;/q;;2*-1;+2. The molecule has 0 rings (SSSR count). The quantitative estimate of drug-likeness (QED) is 0.370. The average Bonchev–Trinajstić information content (AvgIpc) is 2.44. The molecule has 0 aromatic heterocycles. The third-order valence-corrected chi connectivity index (χ3v) is 5.51. The van der Waals surface area contributed by atoms with Crippen LogP contribution in [0.5, 0.6) is 0 Å². The number of carbonyl (C=O) groups is 4. The molecule has 0 aliphatic carbocycles. The van der Waals surface area contributed by atoms with Crippen LogP contribution in [0.1, 0.15) is 82.1 Å². The van der Waals surface area contributed by atoms with Gasteiger partial charge in [-0.3, -0.25) is 19.2 Å². The SMILES string of the molecule is CC(C)(C)[O][Zr][O]C(C)(C)C.CCOC(=O)CC(C)=O.CCOC(=O)CC(C)=O. The summed E-state index contributed by atoms with van der Waals surface area (Å²) in [5.74, 6) is -1.20. The first-order valence-electron chi connectivity index (χ1n) is 9.45. The zero-order valence-corrected chi connectivity index (χ0v) is 22.1. The Labute approximate surface area is 188 Å². The maximum Gasteiger partial charge on any atom is 0.313 e. The van der Waals surface area contributed by atoms with E-state index in [9.17, 15) is 19.2 Å². The van der Waals surface area contributed by atoms with Crippen LogP contribution >= 0.6 is 0 Å². The number of esters is 2. The predicted molar refractivity (Wildman–Crippen MR) is 106 cm³/mol. The zero-order valence-electron chi connectivity index (χ0n) is 19.6. The average molecular weight is 498 g/mol. The molecule has 8 nitrogen and oxygen atoms in total. The van der Waals surface area contributed by atoms with Crippen molar-refractivity contribution in [3.05, 3.63) is 0 Å². The maximum absolute atomic E-state index is 10.4. The van der Waals surface area contributed by atoms with Crippen LogP contribution in [0.15, 0.2) is 0 Å². The third-order valence-electron chi connectivity index (χ3n) is 2.09. The first-order chi connectivity index (χ1) is 13.0. The summed E-state index contributed by atoms with van der Waals surface area (Å²) in [7, 11) is 0. The predicted octanol–water partition coefficient (Wildman–Crippen LogP) is 3.59. The number of Topliss-reactive ketones (excluding diaryl/α,β-unsaturated/α-hetero) is 2. The summed E-state index contributed by atoms with van der Waals surface area (Å²) in [6.07, 6.45) is -0.207. The molecule has 0 unspecified atom stereocenters. The molecule has 0 aliphatic rings. The fraction of sp³-hybridized carbons (Fsp3) is 0.800. The number of ether oxygens (including phenoxy) is 2. The maximum atomic E-state index is 10.4. The van der Waals surface area contributed by atoms with Gasteiger partial charge in [0.05, 0.1) is 13.2 Å². The molecule has 0 amide bonds. The molecule has 0 heterocycles. The van der Waals surface area contributed by atoms with E-state index in [1.54, 1.807) is 13.8 Å². The minimum Gasteiger partial charge on any atom is -0.466 e. The van der Waals surface area contributed by atoms with Crippen LogP contribution in [0.2, 0.25) is 0 Å². The second-order valence-electron chi connectivity index (χ2n) is 7.88. The van der Waals surface area contributed by atoms with Crippen LogP contribution in [-0.2, 0) is 58.4 Å². The van der Waals surface area contributed by atoms with Crippen molar-refractivity contribution in [1.82, 2.24) is 0 Å². The Kier molecular flexibility index (Phi) is 20.2. The van der Waals surface area contributed by atoms with Crippen LogP contribution in [0.3, 0.4) is 0 Å². The number of carbonyl (C=O) groups excluding carboxylic acids is 4. The molecule has 0 N–H and O–H groups in total. The van der Waals surface area contributed by atoms with Gasteiger partial charge in [-0.1, -0.05) is 0 Å². The normalized spacial score (nSPS) is 10.4. The summed E-state index contributed by atoms with van der Waals surface area (Å²) < 4.78 is 20.1. The van der Waals surface area contributed by atoms with Gasteiger partial charge in [0, 0.05) is 0 Å². The van der Waals surface area contributed by atoms with Gasteiger partial charge in [-0.15, -0.1) is 0 Å². The van der Waals surface area contributed by atoms with E-state index in [0.29, 0.717) is 13.2 Å². The Balaban J connectivity index is -0.000000352. The minimum atomic E-state index is -1.06. The summed E-state index contributed by atoms with van der Waals surface area (Å²) in [5, 5.41) is 0. The second-order valence-corrected chi connectivity index (χ2v) is 9.29. The van der Waals surface area contributed by atoms with E-state index in [-0.39, 0.29) is 35.6 Å². The Morgan fingerprint density at radius 3 is 1.10 bits per heavy atom. The van der Waals surface area contributed by atoms with Crippen molar-refractivity contribution < 1.29 is 58.4 Å². The molecule has 29 heavy (non-hydrogen) atoms. The molecular formula is C20H38O8Zr. The van der Waals surface area contributed by atoms with Crippen molar-refractivity contribution in [2.75, 3.05) is 13.2 Å².